The SMILES string of the molecule is CCS(=O)(=O)Nc1cccc(CC(C)NC2CC3CC2C3)c1. The lowest BCUT2D eigenvalue weighted by Crippen LogP contribution is -2.39. The summed E-state index contributed by atoms with van der Waals surface area (Å²) in [6.07, 6.45) is 5.10. The minimum absolute atomic E-state index is 0.0966. The van der Waals surface area contributed by atoms with E-state index in [4.69, 9.17) is 0 Å². The molecule has 2 bridgehead atoms. The molecular formula is C17H26N2O2S. The standard InChI is InChI=1S/C17H26N2O2S/c1-3-22(20,21)19-16-6-4-5-13(10-16)7-12(2)18-17-11-14-8-15(17)9-14/h4-6,10,12,14-15,17-19H,3,7-9,11H2,1-2H3. The first-order valence-corrected chi connectivity index (χ1v) is 9.96. The number of rotatable bonds is 7. The van der Waals surface area contributed by atoms with Crippen LogP contribution in [0.4, 0.5) is 5.69 Å². The van der Waals surface area contributed by atoms with Gasteiger partial charge >= 0.3 is 0 Å². The summed E-state index contributed by atoms with van der Waals surface area (Å²) < 4.78 is 25.9. The fraction of sp³-hybridized carbons (Fsp3) is 0.647. The Kier molecular flexibility index (Phi) is 4.46. The number of hydrogen-bond acceptors (Lipinski definition) is 3. The Morgan fingerprint density at radius 3 is 2.68 bits per heavy atom. The molecule has 3 aliphatic rings. The molecule has 2 unspecified atom stereocenters. The number of anilines is 1. The van der Waals surface area contributed by atoms with E-state index in [0.29, 0.717) is 17.8 Å². The van der Waals surface area contributed by atoms with E-state index in [2.05, 4.69) is 23.0 Å². The number of sulfonamides is 1. The zero-order valence-corrected chi connectivity index (χ0v) is 14.2. The monoisotopic (exact) mass is 322 g/mol. The molecule has 0 radical (unpaired) electrons. The molecule has 22 heavy (non-hydrogen) atoms. The quantitative estimate of drug-likeness (QED) is 0.811. The van der Waals surface area contributed by atoms with Crippen LogP contribution in [0.5, 0.6) is 0 Å². The van der Waals surface area contributed by atoms with Crippen molar-refractivity contribution in [3.05, 3.63) is 29.8 Å². The number of benzene rings is 1. The van der Waals surface area contributed by atoms with Gasteiger partial charge in [0.05, 0.1) is 5.75 Å². The van der Waals surface area contributed by atoms with Crippen molar-refractivity contribution in [1.29, 1.82) is 0 Å². The highest BCUT2D eigenvalue weighted by molar-refractivity contribution is 7.92. The van der Waals surface area contributed by atoms with Crippen LogP contribution in [0.3, 0.4) is 0 Å². The average molecular weight is 322 g/mol. The smallest absolute Gasteiger partial charge is 0.232 e. The van der Waals surface area contributed by atoms with Crippen LogP contribution in [0.25, 0.3) is 0 Å². The Morgan fingerprint density at radius 2 is 2.05 bits per heavy atom. The van der Waals surface area contributed by atoms with E-state index in [1.807, 2.05) is 12.1 Å². The lowest BCUT2D eigenvalue weighted by Gasteiger charge is -2.27. The van der Waals surface area contributed by atoms with Gasteiger partial charge in [-0.2, -0.15) is 0 Å². The molecule has 0 amide bonds. The van der Waals surface area contributed by atoms with Gasteiger partial charge in [-0.1, -0.05) is 12.1 Å². The van der Waals surface area contributed by atoms with Crippen molar-refractivity contribution < 1.29 is 8.42 Å². The summed E-state index contributed by atoms with van der Waals surface area (Å²) in [6.45, 7) is 3.86. The molecule has 3 aliphatic carbocycles. The Bertz CT molecular complexity index is 623. The van der Waals surface area contributed by atoms with Crippen molar-refractivity contribution in [2.45, 2.75) is 51.6 Å². The van der Waals surface area contributed by atoms with Gasteiger partial charge in [-0.25, -0.2) is 8.42 Å². The van der Waals surface area contributed by atoms with Crippen molar-refractivity contribution >= 4 is 15.7 Å². The maximum atomic E-state index is 11.6. The molecule has 0 spiro atoms. The van der Waals surface area contributed by atoms with Crippen LogP contribution in [0.1, 0.15) is 38.7 Å². The highest BCUT2D eigenvalue weighted by Gasteiger charge is 2.44. The second kappa shape index (κ2) is 6.20. The number of fused-ring (bicyclic) bond motifs is 1. The van der Waals surface area contributed by atoms with Crippen LogP contribution in [0, 0.1) is 11.8 Å². The Hall–Kier alpha value is -1.07. The van der Waals surface area contributed by atoms with Gasteiger partial charge in [0, 0.05) is 17.8 Å². The normalized spacial score (nSPS) is 28.2. The van der Waals surface area contributed by atoms with Crippen molar-refractivity contribution in [2.75, 3.05) is 10.5 Å². The first kappa shape index (κ1) is 15.8. The van der Waals surface area contributed by atoms with E-state index < -0.39 is 10.0 Å². The number of hydrogen-bond donors (Lipinski definition) is 2. The van der Waals surface area contributed by atoms with Crippen molar-refractivity contribution in [2.24, 2.45) is 11.8 Å². The second-order valence-electron chi connectivity index (χ2n) is 6.92. The third-order valence-electron chi connectivity index (χ3n) is 5.05. The molecule has 5 heteroatoms. The van der Waals surface area contributed by atoms with Crippen LogP contribution in [-0.2, 0) is 16.4 Å². The van der Waals surface area contributed by atoms with Crippen molar-refractivity contribution in [1.82, 2.24) is 5.32 Å². The van der Waals surface area contributed by atoms with Crippen LogP contribution in [0.15, 0.2) is 24.3 Å². The first-order valence-electron chi connectivity index (χ1n) is 8.30. The largest absolute Gasteiger partial charge is 0.311 e. The molecule has 2 N–H and O–H groups in total. The summed E-state index contributed by atoms with van der Waals surface area (Å²) in [5.41, 5.74) is 1.83. The molecule has 122 valence electrons. The van der Waals surface area contributed by atoms with E-state index in [9.17, 15) is 8.42 Å². The van der Waals surface area contributed by atoms with Gasteiger partial charge in [-0.3, -0.25) is 4.72 Å². The molecule has 0 saturated heterocycles. The van der Waals surface area contributed by atoms with Crippen LogP contribution < -0.4 is 10.0 Å². The Labute approximate surface area is 133 Å². The summed E-state index contributed by atoms with van der Waals surface area (Å²) >= 11 is 0. The zero-order valence-electron chi connectivity index (χ0n) is 13.4. The fourth-order valence-electron chi connectivity index (χ4n) is 3.86. The van der Waals surface area contributed by atoms with Crippen molar-refractivity contribution in [3.8, 4) is 0 Å². The molecule has 4 nitrogen and oxygen atoms in total. The summed E-state index contributed by atoms with van der Waals surface area (Å²) in [7, 11) is -3.20. The summed E-state index contributed by atoms with van der Waals surface area (Å²) in [6, 6.07) is 8.85. The molecule has 4 rings (SSSR count). The third kappa shape index (κ3) is 3.63. The Balaban J connectivity index is 1.57. The predicted molar refractivity (Wildman–Crippen MR) is 90.4 cm³/mol. The molecule has 0 aliphatic heterocycles. The van der Waals surface area contributed by atoms with Gasteiger partial charge in [0.1, 0.15) is 0 Å². The van der Waals surface area contributed by atoms with Crippen molar-refractivity contribution in [3.63, 3.8) is 0 Å². The van der Waals surface area contributed by atoms with E-state index in [0.717, 1.165) is 18.3 Å². The summed E-state index contributed by atoms with van der Waals surface area (Å²) in [5, 5.41) is 3.76. The maximum Gasteiger partial charge on any atom is 0.232 e. The minimum Gasteiger partial charge on any atom is -0.311 e. The molecule has 2 atom stereocenters. The third-order valence-corrected chi connectivity index (χ3v) is 6.36. The van der Waals surface area contributed by atoms with Gasteiger partial charge in [-0.15, -0.1) is 0 Å². The maximum absolute atomic E-state index is 11.6. The minimum atomic E-state index is -3.20. The zero-order chi connectivity index (χ0) is 15.7. The Morgan fingerprint density at radius 1 is 1.27 bits per heavy atom. The van der Waals surface area contributed by atoms with Crippen LogP contribution >= 0.6 is 0 Å². The predicted octanol–water partition coefficient (Wildman–Crippen LogP) is 2.77. The van der Waals surface area contributed by atoms with Gasteiger partial charge in [0.25, 0.3) is 0 Å². The summed E-state index contributed by atoms with van der Waals surface area (Å²) in [5.74, 6) is 1.97. The molecule has 0 aromatic heterocycles. The van der Waals surface area contributed by atoms with E-state index in [1.165, 1.54) is 24.8 Å². The van der Waals surface area contributed by atoms with Gasteiger partial charge < -0.3 is 5.32 Å². The molecule has 3 fully saturated rings. The van der Waals surface area contributed by atoms with Crippen LogP contribution in [0.2, 0.25) is 0 Å². The van der Waals surface area contributed by atoms with E-state index >= 15 is 0 Å². The van der Waals surface area contributed by atoms with E-state index in [-0.39, 0.29) is 5.75 Å². The second-order valence-corrected chi connectivity index (χ2v) is 8.93. The van der Waals surface area contributed by atoms with Crippen LogP contribution in [-0.4, -0.2) is 26.3 Å². The lowest BCUT2D eigenvalue weighted by molar-refractivity contribution is 0.275. The highest BCUT2D eigenvalue weighted by atomic mass is 32.2. The fourth-order valence-corrected chi connectivity index (χ4v) is 4.49. The first-order chi connectivity index (χ1) is 10.4. The van der Waals surface area contributed by atoms with Gasteiger partial charge in [0.15, 0.2) is 0 Å². The molecule has 1 aromatic carbocycles. The van der Waals surface area contributed by atoms with E-state index in [1.54, 1.807) is 13.0 Å². The molecule has 0 heterocycles. The lowest BCUT2D eigenvalue weighted by atomic mass is 9.84. The molecule has 1 aromatic rings. The molecular weight excluding hydrogens is 296 g/mol. The molecule has 3 saturated carbocycles. The summed E-state index contributed by atoms with van der Waals surface area (Å²) in [4.78, 5) is 0. The average Bonchev–Trinajstić information content (AvgIpc) is 2.96. The highest BCUT2D eigenvalue weighted by Crippen LogP contribution is 2.48. The topological polar surface area (TPSA) is 58.2 Å². The van der Waals surface area contributed by atoms with Gasteiger partial charge in [-0.05, 0) is 69.1 Å². The number of nitrogens with one attached hydrogen (secondary N) is 2. The van der Waals surface area contributed by atoms with Gasteiger partial charge in [0.2, 0.25) is 10.0 Å².